The van der Waals surface area contributed by atoms with Crippen LogP contribution in [-0.4, -0.2) is 16.7 Å². The van der Waals surface area contributed by atoms with Crippen LogP contribution in [0.2, 0.25) is 0 Å². The Kier molecular flexibility index (Phi) is 4.81. The van der Waals surface area contributed by atoms with Gasteiger partial charge in [-0.2, -0.15) is 0 Å². The number of amides is 1. The zero-order valence-electron chi connectivity index (χ0n) is 13.5. The lowest BCUT2D eigenvalue weighted by Crippen LogP contribution is -2.37. The van der Waals surface area contributed by atoms with Crippen LogP contribution < -0.4 is 4.90 Å². The Morgan fingerprint density at radius 3 is 2.45 bits per heavy atom. The molecule has 1 amide bonds. The Morgan fingerprint density at radius 1 is 1.18 bits per heavy atom. The van der Waals surface area contributed by atoms with Crippen LogP contribution in [0, 0.1) is 6.92 Å². The highest BCUT2D eigenvalue weighted by atomic mass is 16.6. The fourth-order valence-corrected chi connectivity index (χ4v) is 1.99. The number of benzene rings is 1. The van der Waals surface area contributed by atoms with E-state index in [0.717, 1.165) is 11.1 Å². The molecule has 22 heavy (non-hydrogen) atoms. The van der Waals surface area contributed by atoms with Gasteiger partial charge in [0.25, 0.3) is 0 Å². The highest BCUT2D eigenvalue weighted by Gasteiger charge is 2.24. The molecule has 0 aliphatic rings. The van der Waals surface area contributed by atoms with Crippen LogP contribution in [0.5, 0.6) is 0 Å². The summed E-state index contributed by atoms with van der Waals surface area (Å²) >= 11 is 0. The first-order chi connectivity index (χ1) is 10.3. The third kappa shape index (κ3) is 4.58. The van der Waals surface area contributed by atoms with Gasteiger partial charge < -0.3 is 4.74 Å². The molecule has 1 aromatic heterocycles. The van der Waals surface area contributed by atoms with E-state index < -0.39 is 11.7 Å². The second kappa shape index (κ2) is 6.60. The summed E-state index contributed by atoms with van der Waals surface area (Å²) in [5.74, 6) is 0.595. The van der Waals surface area contributed by atoms with Gasteiger partial charge in [-0.1, -0.05) is 30.3 Å². The number of aryl methyl sites for hydroxylation is 1. The molecule has 0 N–H and O–H groups in total. The minimum absolute atomic E-state index is 0.394. The van der Waals surface area contributed by atoms with Gasteiger partial charge in [-0.15, -0.1) is 0 Å². The normalized spacial score (nSPS) is 11.1. The molecule has 1 aromatic carbocycles. The second-order valence-electron chi connectivity index (χ2n) is 6.24. The van der Waals surface area contributed by atoms with E-state index in [4.69, 9.17) is 4.74 Å². The molecule has 4 nitrogen and oxygen atoms in total. The Balaban J connectivity index is 2.30. The average molecular weight is 298 g/mol. The Hall–Kier alpha value is -2.36. The Bertz CT molecular complexity index is 633. The number of anilines is 1. The molecule has 0 aliphatic heterocycles. The van der Waals surface area contributed by atoms with Gasteiger partial charge in [0, 0.05) is 6.20 Å². The lowest BCUT2D eigenvalue weighted by molar-refractivity contribution is 0.0576. The number of hydrogen-bond donors (Lipinski definition) is 0. The summed E-state index contributed by atoms with van der Waals surface area (Å²) in [6.45, 7) is 7.97. The van der Waals surface area contributed by atoms with E-state index >= 15 is 0 Å². The monoisotopic (exact) mass is 298 g/mol. The topological polar surface area (TPSA) is 42.4 Å². The zero-order chi connectivity index (χ0) is 16.2. The van der Waals surface area contributed by atoms with Crippen LogP contribution in [0.4, 0.5) is 10.6 Å². The number of ether oxygens (including phenoxy) is 1. The summed E-state index contributed by atoms with van der Waals surface area (Å²) in [7, 11) is 0. The molecule has 0 unspecified atom stereocenters. The largest absolute Gasteiger partial charge is 0.443 e. The van der Waals surface area contributed by atoms with Gasteiger partial charge in [-0.3, -0.25) is 4.90 Å². The molecule has 2 rings (SSSR count). The number of carbonyl (C=O) groups is 1. The molecular formula is C18H22N2O2. The van der Waals surface area contributed by atoms with Crippen LogP contribution in [0.25, 0.3) is 0 Å². The van der Waals surface area contributed by atoms with Crippen molar-refractivity contribution in [1.82, 2.24) is 4.98 Å². The average Bonchev–Trinajstić information content (AvgIpc) is 2.44. The predicted molar refractivity (Wildman–Crippen MR) is 87.8 cm³/mol. The van der Waals surface area contributed by atoms with E-state index in [1.165, 1.54) is 0 Å². The van der Waals surface area contributed by atoms with Crippen LogP contribution in [0.1, 0.15) is 31.9 Å². The first-order valence-corrected chi connectivity index (χ1v) is 7.32. The molecule has 0 spiro atoms. The van der Waals surface area contributed by atoms with Crippen molar-refractivity contribution in [2.45, 2.75) is 39.8 Å². The fraction of sp³-hybridized carbons (Fsp3) is 0.333. The molecular weight excluding hydrogens is 276 g/mol. The number of rotatable bonds is 3. The van der Waals surface area contributed by atoms with Crippen molar-refractivity contribution in [3.05, 3.63) is 59.8 Å². The van der Waals surface area contributed by atoms with E-state index in [1.54, 1.807) is 11.1 Å². The molecule has 0 fully saturated rings. The van der Waals surface area contributed by atoms with E-state index in [1.807, 2.05) is 70.2 Å². The van der Waals surface area contributed by atoms with Crippen molar-refractivity contribution in [3.63, 3.8) is 0 Å². The summed E-state index contributed by atoms with van der Waals surface area (Å²) in [5, 5.41) is 0. The maximum atomic E-state index is 12.5. The number of hydrogen-bond acceptors (Lipinski definition) is 3. The van der Waals surface area contributed by atoms with Gasteiger partial charge in [0.15, 0.2) is 0 Å². The predicted octanol–water partition coefficient (Wildman–Crippen LogP) is 4.33. The van der Waals surface area contributed by atoms with Crippen molar-refractivity contribution in [1.29, 1.82) is 0 Å². The Labute approximate surface area is 131 Å². The van der Waals surface area contributed by atoms with Gasteiger partial charge in [0.05, 0.1) is 6.54 Å². The molecule has 116 valence electrons. The maximum Gasteiger partial charge on any atom is 0.416 e. The maximum absolute atomic E-state index is 12.5. The summed E-state index contributed by atoms with van der Waals surface area (Å²) in [5.41, 5.74) is 1.53. The molecule has 0 aliphatic carbocycles. The molecule has 0 atom stereocenters. The third-order valence-electron chi connectivity index (χ3n) is 2.97. The highest BCUT2D eigenvalue weighted by molar-refractivity contribution is 5.86. The summed E-state index contributed by atoms with van der Waals surface area (Å²) in [4.78, 5) is 18.4. The van der Waals surface area contributed by atoms with Gasteiger partial charge in [0.1, 0.15) is 11.4 Å². The molecule has 0 bridgehead atoms. The summed E-state index contributed by atoms with van der Waals surface area (Å²) in [6, 6.07) is 13.6. The minimum Gasteiger partial charge on any atom is -0.443 e. The molecule has 4 heteroatoms. The number of pyridine rings is 1. The Morgan fingerprint density at radius 2 is 1.86 bits per heavy atom. The molecule has 0 saturated heterocycles. The van der Waals surface area contributed by atoms with E-state index in [-0.39, 0.29) is 0 Å². The molecule has 2 aromatic rings. The second-order valence-corrected chi connectivity index (χ2v) is 6.24. The van der Waals surface area contributed by atoms with Crippen molar-refractivity contribution in [2.24, 2.45) is 0 Å². The number of aromatic nitrogens is 1. The van der Waals surface area contributed by atoms with Crippen molar-refractivity contribution in [2.75, 3.05) is 4.90 Å². The lowest BCUT2D eigenvalue weighted by atomic mass is 10.2. The first-order valence-electron chi connectivity index (χ1n) is 7.32. The van der Waals surface area contributed by atoms with Crippen molar-refractivity contribution < 1.29 is 9.53 Å². The zero-order valence-corrected chi connectivity index (χ0v) is 13.5. The van der Waals surface area contributed by atoms with Gasteiger partial charge in [0.2, 0.25) is 0 Å². The lowest BCUT2D eigenvalue weighted by Gasteiger charge is -2.27. The molecule has 0 saturated carbocycles. The number of nitrogens with zero attached hydrogens (tertiary/aromatic N) is 2. The molecule has 0 radical (unpaired) electrons. The smallest absolute Gasteiger partial charge is 0.416 e. The third-order valence-corrected chi connectivity index (χ3v) is 2.97. The van der Waals surface area contributed by atoms with Gasteiger partial charge in [-0.05, 0) is 51.0 Å². The standard InChI is InChI=1S/C18H22N2O2/c1-14-10-11-19-16(12-14)20(17(21)22-18(2,3)4)13-15-8-6-5-7-9-15/h5-12H,13H2,1-4H3. The van der Waals surface area contributed by atoms with E-state index in [9.17, 15) is 4.79 Å². The molecule has 1 heterocycles. The van der Waals surface area contributed by atoms with E-state index in [2.05, 4.69) is 4.98 Å². The number of carbonyl (C=O) groups excluding carboxylic acids is 1. The van der Waals surface area contributed by atoms with Crippen LogP contribution in [0.3, 0.4) is 0 Å². The minimum atomic E-state index is -0.546. The summed E-state index contributed by atoms with van der Waals surface area (Å²) < 4.78 is 5.51. The first kappa shape index (κ1) is 16.0. The quantitative estimate of drug-likeness (QED) is 0.847. The van der Waals surface area contributed by atoms with Crippen molar-refractivity contribution >= 4 is 11.9 Å². The van der Waals surface area contributed by atoms with E-state index in [0.29, 0.717) is 12.4 Å². The fourth-order valence-electron chi connectivity index (χ4n) is 1.99. The van der Waals surface area contributed by atoms with Crippen molar-refractivity contribution in [3.8, 4) is 0 Å². The SMILES string of the molecule is Cc1ccnc(N(Cc2ccccc2)C(=O)OC(C)(C)C)c1. The van der Waals surface area contributed by atoms with Crippen LogP contribution in [-0.2, 0) is 11.3 Å². The van der Waals surface area contributed by atoms with Gasteiger partial charge in [-0.25, -0.2) is 9.78 Å². The van der Waals surface area contributed by atoms with Crippen LogP contribution >= 0.6 is 0 Å². The van der Waals surface area contributed by atoms with Gasteiger partial charge >= 0.3 is 6.09 Å². The van der Waals surface area contributed by atoms with Crippen LogP contribution in [0.15, 0.2) is 48.7 Å². The highest BCUT2D eigenvalue weighted by Crippen LogP contribution is 2.19. The summed E-state index contributed by atoms with van der Waals surface area (Å²) in [6.07, 6.45) is 1.31.